The molecule has 1 N–H and O–H groups in total. The first-order valence-corrected chi connectivity index (χ1v) is 6.04. The van der Waals surface area contributed by atoms with E-state index in [1.54, 1.807) is 0 Å². The predicted molar refractivity (Wildman–Crippen MR) is 58.6 cm³/mol. The summed E-state index contributed by atoms with van der Waals surface area (Å²) in [5, 5.41) is 9.83. The van der Waals surface area contributed by atoms with Gasteiger partial charge < -0.3 is 5.11 Å². The van der Waals surface area contributed by atoms with Crippen LogP contribution >= 0.6 is 0 Å². The first kappa shape index (κ1) is 11.1. The number of nitrogens with zero attached hydrogens (tertiary/aromatic N) is 1. The Labute approximate surface area is 91.5 Å². The standard InChI is InChI=1S/C12H21NO2/c1-12(15)6-7-13(9-12)8-10-4-2-3-5-11(10)14/h10,15H,2-9H2,1H3. The second-order valence-corrected chi connectivity index (χ2v) is 5.39. The lowest BCUT2D eigenvalue weighted by molar-refractivity contribution is -0.125. The second-order valence-electron chi connectivity index (χ2n) is 5.39. The van der Waals surface area contributed by atoms with Crippen molar-refractivity contribution in [2.45, 2.75) is 44.6 Å². The van der Waals surface area contributed by atoms with Gasteiger partial charge in [0.25, 0.3) is 0 Å². The van der Waals surface area contributed by atoms with E-state index in [-0.39, 0.29) is 5.92 Å². The fraction of sp³-hybridized carbons (Fsp3) is 0.917. The third kappa shape index (κ3) is 2.79. The van der Waals surface area contributed by atoms with Crippen LogP contribution in [0.1, 0.15) is 39.0 Å². The van der Waals surface area contributed by atoms with Crippen LogP contribution in [0.3, 0.4) is 0 Å². The molecule has 0 spiro atoms. The number of hydrogen-bond acceptors (Lipinski definition) is 3. The predicted octanol–water partition coefficient (Wildman–Crippen LogP) is 1.20. The zero-order valence-corrected chi connectivity index (χ0v) is 9.54. The highest BCUT2D eigenvalue weighted by Gasteiger charge is 2.33. The van der Waals surface area contributed by atoms with Crippen molar-refractivity contribution in [3.63, 3.8) is 0 Å². The van der Waals surface area contributed by atoms with E-state index >= 15 is 0 Å². The molecule has 0 radical (unpaired) electrons. The van der Waals surface area contributed by atoms with Gasteiger partial charge in [-0.2, -0.15) is 0 Å². The van der Waals surface area contributed by atoms with Crippen LogP contribution in [-0.2, 0) is 4.79 Å². The quantitative estimate of drug-likeness (QED) is 0.746. The zero-order valence-electron chi connectivity index (χ0n) is 9.54. The molecule has 2 rings (SSSR count). The molecule has 0 aromatic carbocycles. The summed E-state index contributed by atoms with van der Waals surface area (Å²) in [5.74, 6) is 0.681. The maximum Gasteiger partial charge on any atom is 0.137 e. The normalized spacial score (nSPS) is 38.5. The van der Waals surface area contributed by atoms with Gasteiger partial charge in [0.1, 0.15) is 5.78 Å². The third-order valence-corrected chi connectivity index (χ3v) is 3.69. The molecular formula is C12H21NO2. The van der Waals surface area contributed by atoms with E-state index in [1.165, 1.54) is 6.42 Å². The molecule has 3 heteroatoms. The van der Waals surface area contributed by atoms with Crippen LogP contribution in [0.5, 0.6) is 0 Å². The van der Waals surface area contributed by atoms with E-state index in [2.05, 4.69) is 4.90 Å². The van der Waals surface area contributed by atoms with Crippen LogP contribution in [0.2, 0.25) is 0 Å². The molecule has 2 aliphatic rings. The monoisotopic (exact) mass is 211 g/mol. The van der Waals surface area contributed by atoms with Crippen molar-refractivity contribution in [2.24, 2.45) is 5.92 Å². The average Bonchev–Trinajstić information content (AvgIpc) is 2.50. The maximum absolute atomic E-state index is 11.7. The van der Waals surface area contributed by atoms with Gasteiger partial charge in [0.15, 0.2) is 0 Å². The van der Waals surface area contributed by atoms with Crippen LogP contribution in [-0.4, -0.2) is 41.0 Å². The van der Waals surface area contributed by atoms with Gasteiger partial charge in [-0.25, -0.2) is 0 Å². The lowest BCUT2D eigenvalue weighted by Gasteiger charge is -2.26. The Morgan fingerprint density at radius 3 is 2.93 bits per heavy atom. The Hall–Kier alpha value is -0.410. The van der Waals surface area contributed by atoms with E-state index in [1.807, 2.05) is 6.92 Å². The third-order valence-electron chi connectivity index (χ3n) is 3.69. The lowest BCUT2D eigenvalue weighted by Crippen LogP contribution is -2.36. The number of aliphatic hydroxyl groups is 1. The van der Waals surface area contributed by atoms with E-state index in [4.69, 9.17) is 0 Å². The molecule has 0 amide bonds. The second kappa shape index (κ2) is 4.22. The number of ketones is 1. The number of carbonyl (C=O) groups is 1. The van der Waals surface area contributed by atoms with Gasteiger partial charge in [-0.15, -0.1) is 0 Å². The van der Waals surface area contributed by atoms with Gasteiger partial charge in [-0.1, -0.05) is 6.42 Å². The SMILES string of the molecule is CC1(O)CCN(CC2CCCCC2=O)C1. The summed E-state index contributed by atoms with van der Waals surface area (Å²) < 4.78 is 0. The van der Waals surface area contributed by atoms with E-state index in [0.717, 1.165) is 45.3 Å². The molecule has 2 fully saturated rings. The largest absolute Gasteiger partial charge is 0.389 e. The summed E-state index contributed by atoms with van der Waals surface area (Å²) in [6, 6.07) is 0. The molecule has 0 aromatic heterocycles. The molecule has 1 aliphatic heterocycles. The maximum atomic E-state index is 11.7. The molecule has 1 saturated carbocycles. The Kier molecular flexibility index (Phi) is 3.12. The van der Waals surface area contributed by atoms with Crippen LogP contribution in [0.4, 0.5) is 0 Å². The van der Waals surface area contributed by atoms with Crippen LogP contribution in [0.25, 0.3) is 0 Å². The average molecular weight is 211 g/mol. The number of β-amino-alcohol motifs (C(OH)–C–C–N with tert-alkyl or cyclic N) is 1. The summed E-state index contributed by atoms with van der Waals surface area (Å²) >= 11 is 0. The van der Waals surface area contributed by atoms with E-state index in [0.29, 0.717) is 5.78 Å². The Balaban J connectivity index is 1.84. The lowest BCUT2D eigenvalue weighted by atomic mass is 9.87. The van der Waals surface area contributed by atoms with Crippen LogP contribution in [0, 0.1) is 5.92 Å². The Bertz CT molecular complexity index is 250. The topological polar surface area (TPSA) is 40.5 Å². The number of likely N-dealkylation sites (tertiary alicyclic amines) is 1. The van der Waals surface area contributed by atoms with Crippen molar-refractivity contribution in [1.29, 1.82) is 0 Å². The highest BCUT2D eigenvalue weighted by Crippen LogP contribution is 2.25. The van der Waals surface area contributed by atoms with Crippen molar-refractivity contribution in [3.8, 4) is 0 Å². The Morgan fingerprint density at radius 1 is 1.53 bits per heavy atom. The van der Waals surface area contributed by atoms with Gasteiger partial charge >= 0.3 is 0 Å². The molecule has 3 nitrogen and oxygen atoms in total. The molecule has 0 bridgehead atoms. The highest BCUT2D eigenvalue weighted by atomic mass is 16.3. The minimum absolute atomic E-state index is 0.243. The highest BCUT2D eigenvalue weighted by molar-refractivity contribution is 5.81. The molecular weight excluding hydrogens is 190 g/mol. The molecule has 2 unspecified atom stereocenters. The van der Waals surface area contributed by atoms with Crippen molar-refractivity contribution < 1.29 is 9.90 Å². The number of Topliss-reactive ketones (excluding diaryl/α,β-unsaturated/α-hetero) is 1. The van der Waals surface area contributed by atoms with E-state index < -0.39 is 5.60 Å². The van der Waals surface area contributed by atoms with Gasteiger partial charge in [-0.05, 0) is 26.2 Å². The van der Waals surface area contributed by atoms with Crippen molar-refractivity contribution >= 4 is 5.78 Å². The number of rotatable bonds is 2. The molecule has 15 heavy (non-hydrogen) atoms. The summed E-state index contributed by atoms with van der Waals surface area (Å²) in [7, 11) is 0. The Morgan fingerprint density at radius 2 is 2.33 bits per heavy atom. The molecule has 86 valence electrons. The molecule has 1 aliphatic carbocycles. The number of hydrogen-bond donors (Lipinski definition) is 1. The fourth-order valence-corrected chi connectivity index (χ4v) is 2.75. The van der Waals surface area contributed by atoms with Crippen LogP contribution in [0.15, 0.2) is 0 Å². The van der Waals surface area contributed by atoms with Gasteiger partial charge in [0, 0.05) is 32.0 Å². The minimum Gasteiger partial charge on any atom is -0.389 e. The summed E-state index contributed by atoms with van der Waals surface area (Å²) in [6.07, 6.45) is 4.94. The first-order valence-electron chi connectivity index (χ1n) is 6.04. The van der Waals surface area contributed by atoms with Gasteiger partial charge in [0.2, 0.25) is 0 Å². The van der Waals surface area contributed by atoms with Crippen molar-refractivity contribution in [3.05, 3.63) is 0 Å². The van der Waals surface area contributed by atoms with Crippen LogP contribution < -0.4 is 0 Å². The summed E-state index contributed by atoms with van der Waals surface area (Å²) in [5.41, 5.74) is -0.530. The molecule has 0 aromatic rings. The molecule has 1 heterocycles. The van der Waals surface area contributed by atoms with Crippen molar-refractivity contribution in [1.82, 2.24) is 4.90 Å². The van der Waals surface area contributed by atoms with Gasteiger partial charge in [-0.3, -0.25) is 9.69 Å². The fourth-order valence-electron chi connectivity index (χ4n) is 2.75. The first-order chi connectivity index (χ1) is 7.07. The summed E-state index contributed by atoms with van der Waals surface area (Å²) in [4.78, 5) is 13.9. The van der Waals surface area contributed by atoms with E-state index in [9.17, 15) is 9.90 Å². The smallest absolute Gasteiger partial charge is 0.137 e. The zero-order chi connectivity index (χ0) is 10.9. The molecule has 2 atom stereocenters. The van der Waals surface area contributed by atoms with Gasteiger partial charge in [0.05, 0.1) is 5.60 Å². The number of carbonyl (C=O) groups excluding carboxylic acids is 1. The molecule has 1 saturated heterocycles. The minimum atomic E-state index is -0.530. The van der Waals surface area contributed by atoms with Crippen molar-refractivity contribution in [2.75, 3.05) is 19.6 Å². The summed E-state index contributed by atoms with van der Waals surface area (Å²) in [6.45, 7) is 4.43.